The number of hydrogen-bond acceptors (Lipinski definition) is 5. The van der Waals surface area contributed by atoms with Gasteiger partial charge in [-0.3, -0.25) is 14.1 Å². The van der Waals surface area contributed by atoms with Crippen LogP contribution in [0.25, 0.3) is 22.3 Å². The smallest absolute Gasteiger partial charge is 0.321 e. The Balaban J connectivity index is 1.82. The number of esters is 1. The molecule has 2 N–H and O–H groups in total. The average molecular weight is 489 g/mol. The molecule has 1 amide bonds. The Kier molecular flexibility index (Phi) is 7.11. The summed E-state index contributed by atoms with van der Waals surface area (Å²) in [6.45, 7) is 1.51. The average Bonchev–Trinajstić information content (AvgIpc) is 3.59. The Morgan fingerprint density at radius 3 is 2.56 bits per heavy atom. The Bertz CT molecular complexity index is 1250. The Morgan fingerprint density at radius 2 is 1.97 bits per heavy atom. The minimum absolute atomic E-state index is 0.0194. The van der Waals surface area contributed by atoms with Crippen molar-refractivity contribution in [3.05, 3.63) is 58.9 Å². The van der Waals surface area contributed by atoms with Crippen molar-refractivity contribution in [3.63, 3.8) is 0 Å². The zero-order valence-corrected chi connectivity index (χ0v) is 19.6. The van der Waals surface area contributed by atoms with Gasteiger partial charge in [-0.15, -0.1) is 0 Å². The Labute approximate surface area is 198 Å². The number of amides is 1. The van der Waals surface area contributed by atoms with Crippen LogP contribution in [0.4, 0.5) is 4.39 Å². The van der Waals surface area contributed by atoms with Gasteiger partial charge < -0.3 is 14.5 Å². The second-order valence-electron chi connectivity index (χ2n) is 8.05. The van der Waals surface area contributed by atoms with Crippen molar-refractivity contribution in [1.29, 1.82) is 0 Å². The van der Waals surface area contributed by atoms with Crippen molar-refractivity contribution >= 4 is 34.1 Å². The second kappa shape index (κ2) is 10.0. The fourth-order valence-corrected chi connectivity index (χ4v) is 4.44. The van der Waals surface area contributed by atoms with Crippen LogP contribution >= 0.6 is 0 Å². The molecule has 0 bridgehead atoms. The van der Waals surface area contributed by atoms with Gasteiger partial charge in [0, 0.05) is 24.5 Å². The SMILES string of the molecule is CCOC(=O)CN(Cc1cc2oc(-c3ccc(F)cc3)c(C(=O)NC)c2cc1C1CC1)S(=O)O. The molecule has 1 aliphatic carbocycles. The predicted molar refractivity (Wildman–Crippen MR) is 125 cm³/mol. The van der Waals surface area contributed by atoms with Crippen LogP contribution in [0.2, 0.25) is 0 Å². The maximum atomic E-state index is 13.5. The number of carbonyl (C=O) groups is 2. The van der Waals surface area contributed by atoms with Crippen LogP contribution in [0.15, 0.2) is 40.8 Å². The van der Waals surface area contributed by atoms with Crippen molar-refractivity contribution in [2.45, 2.75) is 32.2 Å². The lowest BCUT2D eigenvalue weighted by molar-refractivity contribution is -0.143. The predicted octanol–water partition coefficient (Wildman–Crippen LogP) is 3.98. The van der Waals surface area contributed by atoms with Gasteiger partial charge in [0.15, 0.2) is 0 Å². The van der Waals surface area contributed by atoms with E-state index in [1.54, 1.807) is 13.0 Å². The van der Waals surface area contributed by atoms with Crippen LogP contribution in [0, 0.1) is 5.82 Å². The monoisotopic (exact) mass is 488 g/mol. The summed E-state index contributed by atoms with van der Waals surface area (Å²) < 4.78 is 47.2. The molecule has 3 aromatic rings. The Morgan fingerprint density at radius 1 is 1.26 bits per heavy atom. The maximum Gasteiger partial charge on any atom is 0.321 e. The van der Waals surface area contributed by atoms with Crippen molar-refractivity contribution in [2.75, 3.05) is 20.2 Å². The Hall–Kier alpha value is -3.08. The zero-order chi connectivity index (χ0) is 24.4. The van der Waals surface area contributed by atoms with Gasteiger partial charge in [-0.2, -0.15) is 4.31 Å². The molecule has 0 spiro atoms. The molecule has 1 unspecified atom stereocenters. The van der Waals surface area contributed by atoms with Crippen molar-refractivity contribution in [1.82, 2.24) is 9.62 Å². The lowest BCUT2D eigenvalue weighted by atomic mass is 9.97. The molecule has 34 heavy (non-hydrogen) atoms. The molecule has 180 valence electrons. The molecular weight excluding hydrogens is 463 g/mol. The van der Waals surface area contributed by atoms with E-state index in [1.165, 1.54) is 31.3 Å². The van der Waals surface area contributed by atoms with Crippen molar-refractivity contribution in [3.8, 4) is 11.3 Å². The lowest BCUT2D eigenvalue weighted by Crippen LogP contribution is -2.32. The van der Waals surface area contributed by atoms with Crippen LogP contribution in [-0.4, -0.2) is 45.1 Å². The number of nitrogens with zero attached hydrogens (tertiary/aromatic N) is 1. The highest BCUT2D eigenvalue weighted by molar-refractivity contribution is 7.76. The van der Waals surface area contributed by atoms with Crippen molar-refractivity contribution < 1.29 is 31.9 Å². The molecule has 8 nitrogen and oxygen atoms in total. The fourth-order valence-electron chi connectivity index (χ4n) is 3.97. The molecule has 1 aromatic heterocycles. The van der Waals surface area contributed by atoms with E-state index in [0.29, 0.717) is 27.9 Å². The topological polar surface area (TPSA) is 109 Å². The first-order valence-electron chi connectivity index (χ1n) is 10.9. The van der Waals surface area contributed by atoms with Gasteiger partial charge >= 0.3 is 5.97 Å². The summed E-state index contributed by atoms with van der Waals surface area (Å²) in [5, 5.41) is 3.24. The van der Waals surface area contributed by atoms with E-state index in [4.69, 9.17) is 9.15 Å². The standard InChI is InChI=1S/C24H25FN2O6S/c1-3-32-21(28)13-27(34(30)31)12-16-10-20-19(11-18(16)14-4-5-14)22(24(29)26-2)23(33-20)15-6-8-17(25)9-7-15/h6-11,14H,3-5,12-13H2,1-2H3,(H,26,29)(H,30,31). The van der Waals surface area contributed by atoms with Crippen molar-refractivity contribution in [2.24, 2.45) is 0 Å². The third kappa shape index (κ3) is 5.03. The lowest BCUT2D eigenvalue weighted by Gasteiger charge is -2.19. The largest absolute Gasteiger partial charge is 0.465 e. The molecule has 0 saturated heterocycles. The number of nitrogens with one attached hydrogen (secondary N) is 1. The van der Waals surface area contributed by atoms with Crippen LogP contribution in [-0.2, 0) is 27.3 Å². The van der Waals surface area contributed by atoms with E-state index < -0.39 is 23.1 Å². The molecule has 1 aliphatic rings. The van der Waals surface area contributed by atoms with Gasteiger partial charge in [0.25, 0.3) is 5.91 Å². The first-order chi connectivity index (χ1) is 16.3. The molecule has 0 radical (unpaired) electrons. The minimum Gasteiger partial charge on any atom is -0.465 e. The first-order valence-corrected chi connectivity index (χ1v) is 12.0. The molecule has 2 aromatic carbocycles. The second-order valence-corrected chi connectivity index (χ2v) is 9.03. The minimum atomic E-state index is -2.40. The molecule has 0 aliphatic heterocycles. The number of fused-ring (bicyclic) bond motifs is 1. The van der Waals surface area contributed by atoms with Gasteiger partial charge in [0.05, 0.1) is 12.2 Å². The van der Waals surface area contributed by atoms with E-state index in [1.807, 2.05) is 6.07 Å². The molecular formula is C24H25FN2O6S. The normalized spacial score (nSPS) is 14.4. The molecule has 1 saturated carbocycles. The van der Waals surface area contributed by atoms with Gasteiger partial charge in [-0.25, -0.2) is 8.60 Å². The highest BCUT2D eigenvalue weighted by atomic mass is 32.2. The number of carbonyl (C=O) groups excluding carboxylic acids is 2. The summed E-state index contributed by atoms with van der Waals surface area (Å²) in [4.78, 5) is 24.7. The number of benzene rings is 2. The van der Waals surface area contributed by atoms with E-state index in [9.17, 15) is 22.7 Å². The third-order valence-corrected chi connectivity index (χ3v) is 6.41. The quantitative estimate of drug-likeness (QED) is 0.348. The first kappa shape index (κ1) is 24.1. The highest BCUT2D eigenvalue weighted by Gasteiger charge is 2.31. The number of ether oxygens (including phenoxy) is 1. The van der Waals surface area contributed by atoms with Gasteiger partial charge in [0.2, 0.25) is 11.3 Å². The molecule has 4 rings (SSSR count). The molecule has 10 heteroatoms. The van der Waals surface area contributed by atoms with Crippen LogP contribution < -0.4 is 5.32 Å². The number of hydrogen-bond donors (Lipinski definition) is 2. The summed E-state index contributed by atoms with van der Waals surface area (Å²) in [6, 6.07) is 9.29. The zero-order valence-electron chi connectivity index (χ0n) is 18.8. The summed E-state index contributed by atoms with van der Waals surface area (Å²) in [5.41, 5.74) is 2.96. The molecule has 1 atom stereocenters. The number of halogens is 1. The van der Waals surface area contributed by atoms with E-state index in [0.717, 1.165) is 28.3 Å². The number of rotatable bonds is 9. The van der Waals surface area contributed by atoms with Gasteiger partial charge in [-0.1, -0.05) is 0 Å². The van der Waals surface area contributed by atoms with Crippen LogP contribution in [0.1, 0.15) is 47.2 Å². The van der Waals surface area contributed by atoms with Gasteiger partial charge in [0.1, 0.15) is 23.7 Å². The van der Waals surface area contributed by atoms with Crippen LogP contribution in [0.3, 0.4) is 0 Å². The molecule has 1 fully saturated rings. The highest BCUT2D eigenvalue weighted by Crippen LogP contribution is 2.45. The third-order valence-electron chi connectivity index (χ3n) is 5.71. The summed E-state index contributed by atoms with van der Waals surface area (Å²) in [6.07, 6.45) is 1.91. The summed E-state index contributed by atoms with van der Waals surface area (Å²) >= 11 is -2.40. The van der Waals surface area contributed by atoms with Gasteiger partial charge in [-0.05, 0) is 73.2 Å². The summed E-state index contributed by atoms with van der Waals surface area (Å²) in [5.74, 6) is -0.788. The maximum absolute atomic E-state index is 13.5. The summed E-state index contributed by atoms with van der Waals surface area (Å²) in [7, 11) is 1.52. The fraction of sp³-hybridized carbons (Fsp3) is 0.333. The number of furan rings is 1. The van der Waals surface area contributed by atoms with E-state index in [2.05, 4.69) is 5.32 Å². The van der Waals surface area contributed by atoms with Crippen LogP contribution in [0.5, 0.6) is 0 Å². The molecule has 1 heterocycles. The van der Waals surface area contributed by atoms with E-state index >= 15 is 0 Å². The van der Waals surface area contributed by atoms with E-state index in [-0.39, 0.29) is 31.5 Å².